The smallest absolute Gasteiger partial charge is 0.283 e. The number of allylic oxidation sites excluding steroid dienone is 1. The SMILES string of the molecule is C=CCn1ncc(NC2CCC(C)C2)c(Br)c1=O. The molecule has 98 valence electrons. The Balaban J connectivity index is 2.17. The zero-order valence-electron chi connectivity index (χ0n) is 10.5. The third-order valence-electron chi connectivity index (χ3n) is 3.34. The minimum absolute atomic E-state index is 0.119. The van der Waals surface area contributed by atoms with Gasteiger partial charge in [-0.2, -0.15) is 5.10 Å². The Morgan fingerprint density at radius 3 is 3.06 bits per heavy atom. The van der Waals surface area contributed by atoms with Gasteiger partial charge in [-0.1, -0.05) is 13.0 Å². The summed E-state index contributed by atoms with van der Waals surface area (Å²) in [4.78, 5) is 12.0. The van der Waals surface area contributed by atoms with Crippen LogP contribution in [-0.2, 0) is 6.54 Å². The second kappa shape index (κ2) is 5.69. The highest BCUT2D eigenvalue weighted by Gasteiger charge is 2.22. The first kappa shape index (κ1) is 13.3. The maximum Gasteiger partial charge on any atom is 0.283 e. The minimum Gasteiger partial charge on any atom is -0.380 e. The van der Waals surface area contributed by atoms with E-state index in [1.54, 1.807) is 12.3 Å². The Morgan fingerprint density at radius 2 is 2.44 bits per heavy atom. The van der Waals surface area contributed by atoms with Crippen LogP contribution < -0.4 is 10.9 Å². The number of nitrogens with zero attached hydrogens (tertiary/aromatic N) is 2. The molecule has 1 aliphatic rings. The van der Waals surface area contributed by atoms with Crippen molar-refractivity contribution in [3.05, 3.63) is 33.7 Å². The highest BCUT2D eigenvalue weighted by Crippen LogP contribution is 2.28. The van der Waals surface area contributed by atoms with Crippen LogP contribution in [0.15, 0.2) is 28.1 Å². The summed E-state index contributed by atoms with van der Waals surface area (Å²) in [5.41, 5.74) is 0.672. The number of hydrogen-bond donors (Lipinski definition) is 1. The third-order valence-corrected chi connectivity index (χ3v) is 4.11. The zero-order chi connectivity index (χ0) is 13.1. The van der Waals surface area contributed by atoms with E-state index in [4.69, 9.17) is 0 Å². The Bertz CT molecular complexity index is 497. The molecule has 0 amide bonds. The molecule has 0 aromatic carbocycles. The summed E-state index contributed by atoms with van der Waals surface area (Å²) in [6, 6.07) is 0.452. The lowest BCUT2D eigenvalue weighted by Crippen LogP contribution is -2.25. The van der Waals surface area contributed by atoms with Crippen molar-refractivity contribution < 1.29 is 0 Å². The fraction of sp³-hybridized carbons (Fsp3) is 0.538. The fourth-order valence-corrected chi connectivity index (χ4v) is 2.80. The minimum atomic E-state index is -0.119. The average molecular weight is 312 g/mol. The van der Waals surface area contributed by atoms with Crippen molar-refractivity contribution in [2.24, 2.45) is 5.92 Å². The van der Waals surface area contributed by atoms with Crippen LogP contribution in [0.4, 0.5) is 5.69 Å². The van der Waals surface area contributed by atoms with Gasteiger partial charge in [-0.05, 0) is 41.1 Å². The normalized spacial score (nSPS) is 23.0. The average Bonchev–Trinajstić information content (AvgIpc) is 2.75. The molecule has 2 rings (SSSR count). The van der Waals surface area contributed by atoms with E-state index in [1.807, 2.05) is 0 Å². The van der Waals surface area contributed by atoms with Crippen molar-refractivity contribution in [3.63, 3.8) is 0 Å². The maximum atomic E-state index is 12.0. The molecule has 0 aliphatic heterocycles. The lowest BCUT2D eigenvalue weighted by molar-refractivity contribution is 0.601. The molecule has 1 aliphatic carbocycles. The summed E-state index contributed by atoms with van der Waals surface area (Å²) >= 11 is 3.35. The monoisotopic (exact) mass is 311 g/mol. The maximum absolute atomic E-state index is 12.0. The molecule has 1 fully saturated rings. The molecule has 2 unspecified atom stereocenters. The summed E-state index contributed by atoms with van der Waals surface area (Å²) in [6.45, 7) is 6.30. The first-order valence-corrected chi connectivity index (χ1v) is 7.04. The predicted octanol–water partition coefficient (Wildman–Crippen LogP) is 2.79. The first-order chi connectivity index (χ1) is 8.61. The molecule has 0 spiro atoms. The highest BCUT2D eigenvalue weighted by atomic mass is 79.9. The Labute approximate surface area is 115 Å². The van der Waals surface area contributed by atoms with Gasteiger partial charge in [0.05, 0.1) is 18.4 Å². The number of halogens is 1. The summed E-state index contributed by atoms with van der Waals surface area (Å²) in [5.74, 6) is 0.760. The molecule has 1 saturated carbocycles. The van der Waals surface area contributed by atoms with Gasteiger partial charge in [-0.25, -0.2) is 4.68 Å². The van der Waals surface area contributed by atoms with Crippen molar-refractivity contribution in [1.82, 2.24) is 9.78 Å². The van der Waals surface area contributed by atoms with Gasteiger partial charge in [-0.15, -0.1) is 6.58 Å². The van der Waals surface area contributed by atoms with Crippen molar-refractivity contribution in [1.29, 1.82) is 0 Å². The Morgan fingerprint density at radius 1 is 1.67 bits per heavy atom. The van der Waals surface area contributed by atoms with Crippen molar-refractivity contribution in [3.8, 4) is 0 Å². The van der Waals surface area contributed by atoms with Crippen LogP contribution in [0.3, 0.4) is 0 Å². The van der Waals surface area contributed by atoms with Crippen molar-refractivity contribution in [2.75, 3.05) is 5.32 Å². The van der Waals surface area contributed by atoms with Gasteiger partial charge in [-0.3, -0.25) is 4.79 Å². The molecular formula is C13H18BrN3O. The molecule has 1 aromatic rings. The molecule has 2 atom stereocenters. The molecule has 18 heavy (non-hydrogen) atoms. The summed E-state index contributed by atoms with van der Waals surface area (Å²) in [7, 11) is 0. The van der Waals surface area contributed by atoms with Gasteiger partial charge in [0, 0.05) is 6.04 Å². The van der Waals surface area contributed by atoms with E-state index in [0.29, 0.717) is 17.1 Å². The molecule has 1 heterocycles. The van der Waals surface area contributed by atoms with Crippen LogP contribution in [0.1, 0.15) is 26.2 Å². The van der Waals surface area contributed by atoms with Gasteiger partial charge in [0.15, 0.2) is 0 Å². The quantitative estimate of drug-likeness (QED) is 0.870. The van der Waals surface area contributed by atoms with E-state index in [2.05, 4.69) is 39.8 Å². The lowest BCUT2D eigenvalue weighted by atomic mass is 10.1. The molecule has 0 radical (unpaired) electrons. The second-order valence-corrected chi connectivity index (χ2v) is 5.70. The third kappa shape index (κ3) is 2.83. The van der Waals surface area contributed by atoms with Crippen molar-refractivity contribution in [2.45, 2.75) is 38.8 Å². The predicted molar refractivity (Wildman–Crippen MR) is 76.8 cm³/mol. The topological polar surface area (TPSA) is 46.9 Å². The van der Waals surface area contributed by atoms with E-state index in [-0.39, 0.29) is 5.56 Å². The number of aromatic nitrogens is 2. The fourth-order valence-electron chi connectivity index (χ4n) is 2.38. The number of anilines is 1. The molecule has 0 saturated heterocycles. The van der Waals surface area contributed by atoms with Crippen LogP contribution in [0, 0.1) is 5.92 Å². The molecular weight excluding hydrogens is 294 g/mol. The van der Waals surface area contributed by atoms with Gasteiger partial charge in [0.25, 0.3) is 5.56 Å². The second-order valence-electron chi connectivity index (χ2n) is 4.91. The van der Waals surface area contributed by atoms with Gasteiger partial charge < -0.3 is 5.32 Å². The van der Waals surface area contributed by atoms with Crippen molar-refractivity contribution >= 4 is 21.6 Å². The van der Waals surface area contributed by atoms with Crippen LogP contribution in [0.2, 0.25) is 0 Å². The van der Waals surface area contributed by atoms with Gasteiger partial charge >= 0.3 is 0 Å². The summed E-state index contributed by atoms with van der Waals surface area (Å²) < 4.78 is 1.94. The molecule has 1 aromatic heterocycles. The first-order valence-electron chi connectivity index (χ1n) is 6.25. The molecule has 1 N–H and O–H groups in total. The van der Waals surface area contributed by atoms with Crippen LogP contribution in [0.25, 0.3) is 0 Å². The summed E-state index contributed by atoms with van der Waals surface area (Å²) in [5, 5.41) is 7.53. The summed E-state index contributed by atoms with van der Waals surface area (Å²) in [6.07, 6.45) is 6.92. The van der Waals surface area contributed by atoms with Crippen LogP contribution >= 0.6 is 15.9 Å². The van der Waals surface area contributed by atoms with Crippen LogP contribution in [-0.4, -0.2) is 15.8 Å². The van der Waals surface area contributed by atoms with E-state index >= 15 is 0 Å². The number of rotatable bonds is 4. The number of hydrogen-bond acceptors (Lipinski definition) is 3. The Kier molecular flexibility index (Phi) is 4.22. The van der Waals surface area contributed by atoms with E-state index in [0.717, 1.165) is 24.4 Å². The van der Waals surface area contributed by atoms with Gasteiger partial charge in [0.2, 0.25) is 0 Å². The molecule has 0 bridgehead atoms. The highest BCUT2D eigenvalue weighted by molar-refractivity contribution is 9.10. The largest absolute Gasteiger partial charge is 0.380 e. The zero-order valence-corrected chi connectivity index (χ0v) is 12.1. The van der Waals surface area contributed by atoms with E-state index in [9.17, 15) is 4.79 Å². The van der Waals surface area contributed by atoms with E-state index in [1.165, 1.54) is 11.1 Å². The number of nitrogens with one attached hydrogen (secondary N) is 1. The van der Waals surface area contributed by atoms with Gasteiger partial charge in [0.1, 0.15) is 4.47 Å². The standard InChI is InChI=1S/C13H18BrN3O/c1-3-6-17-13(18)12(14)11(8-15-17)16-10-5-4-9(2)7-10/h3,8-10,16H,1,4-7H2,2H3. The van der Waals surface area contributed by atoms with E-state index < -0.39 is 0 Å². The lowest BCUT2D eigenvalue weighted by Gasteiger charge is -2.15. The molecule has 4 nitrogen and oxygen atoms in total. The Hall–Kier alpha value is -1.10. The van der Waals surface area contributed by atoms with Crippen LogP contribution in [0.5, 0.6) is 0 Å². The molecule has 5 heteroatoms.